The summed E-state index contributed by atoms with van der Waals surface area (Å²) in [7, 11) is -3.56. The van der Waals surface area contributed by atoms with Gasteiger partial charge in [-0.3, -0.25) is 15.0 Å². The van der Waals surface area contributed by atoms with E-state index in [1.165, 1.54) is 22.6 Å². The molecule has 12 heteroatoms. The summed E-state index contributed by atoms with van der Waals surface area (Å²) in [5.41, 5.74) is 1.27. The predicted molar refractivity (Wildman–Crippen MR) is 110 cm³/mol. The molecule has 1 atom stereocenters. The van der Waals surface area contributed by atoms with E-state index in [9.17, 15) is 22.8 Å². The van der Waals surface area contributed by atoms with Crippen LogP contribution in [0.25, 0.3) is 0 Å². The number of rotatable bonds is 7. The molecule has 1 unspecified atom stereocenters. The Bertz CT molecular complexity index is 931. The lowest BCUT2D eigenvalue weighted by molar-refractivity contribution is -0.137. The molecule has 3 rings (SSSR count). The summed E-state index contributed by atoms with van der Waals surface area (Å²) in [6.45, 7) is 4.38. The van der Waals surface area contributed by atoms with E-state index in [2.05, 4.69) is 15.7 Å². The van der Waals surface area contributed by atoms with Crippen molar-refractivity contribution in [2.45, 2.75) is 55.0 Å². The number of nitrogens with one attached hydrogen (secondary N) is 2. The first kappa shape index (κ1) is 22.5. The highest BCUT2D eigenvalue weighted by Crippen LogP contribution is 2.23. The number of thioether (sulfide) groups is 1. The maximum Gasteiger partial charge on any atom is 0.344 e. The molecule has 0 aromatic carbocycles. The minimum atomic E-state index is -3.56. The van der Waals surface area contributed by atoms with Crippen LogP contribution in [-0.4, -0.2) is 64.9 Å². The highest BCUT2D eigenvalue weighted by atomic mass is 32.2. The number of imide groups is 1. The summed E-state index contributed by atoms with van der Waals surface area (Å²) in [5.74, 6) is -1.15. The molecule has 2 fully saturated rings. The first-order valence-electron chi connectivity index (χ1n) is 9.72. The van der Waals surface area contributed by atoms with Gasteiger partial charge in [0.1, 0.15) is 10.4 Å². The second-order valence-electron chi connectivity index (χ2n) is 7.38. The van der Waals surface area contributed by atoms with Crippen LogP contribution in [0, 0.1) is 0 Å². The Balaban J connectivity index is 1.56. The Hall–Kier alpha value is -2.18. The van der Waals surface area contributed by atoms with Gasteiger partial charge in [0, 0.05) is 19.3 Å². The highest BCUT2D eigenvalue weighted by molar-refractivity contribution is 7.99. The van der Waals surface area contributed by atoms with Crippen LogP contribution in [0.3, 0.4) is 0 Å². The number of aromatic nitrogens is 1. The van der Waals surface area contributed by atoms with Gasteiger partial charge in [-0.05, 0) is 38.3 Å². The van der Waals surface area contributed by atoms with Gasteiger partial charge in [-0.2, -0.15) is 9.31 Å². The average molecular weight is 456 g/mol. The van der Waals surface area contributed by atoms with E-state index in [-0.39, 0.29) is 10.6 Å². The van der Waals surface area contributed by atoms with E-state index in [4.69, 9.17) is 0 Å². The smallest absolute Gasteiger partial charge is 0.322 e. The molecular formula is C18H25N5O5S2. The van der Waals surface area contributed by atoms with Crippen molar-refractivity contribution in [2.24, 2.45) is 0 Å². The second kappa shape index (κ2) is 8.90. The van der Waals surface area contributed by atoms with E-state index < -0.39 is 33.4 Å². The SMILES string of the molecule is CCC1(C)NC(=O)N(NC(=O)CSc2ccc(S(=O)(=O)N3CCCCC3)cn2)C1=O. The second-order valence-corrected chi connectivity index (χ2v) is 10.3. The van der Waals surface area contributed by atoms with E-state index in [0.717, 1.165) is 31.0 Å². The normalized spacial score (nSPS) is 22.8. The average Bonchev–Trinajstić information content (AvgIpc) is 2.96. The minimum absolute atomic E-state index is 0.0921. The largest absolute Gasteiger partial charge is 0.344 e. The molecule has 164 valence electrons. The number of hydrogen-bond donors (Lipinski definition) is 2. The molecule has 10 nitrogen and oxygen atoms in total. The van der Waals surface area contributed by atoms with Gasteiger partial charge in [0.25, 0.3) is 5.91 Å². The minimum Gasteiger partial charge on any atom is -0.322 e. The maximum absolute atomic E-state index is 12.6. The number of pyridine rings is 1. The number of urea groups is 1. The fourth-order valence-corrected chi connectivity index (χ4v) is 5.28. The Morgan fingerprint density at radius 3 is 2.53 bits per heavy atom. The molecule has 2 saturated heterocycles. The van der Waals surface area contributed by atoms with Crippen LogP contribution in [0.1, 0.15) is 39.5 Å². The predicted octanol–water partition coefficient (Wildman–Crippen LogP) is 1.10. The molecule has 1 aromatic rings. The number of hydrazine groups is 1. The van der Waals surface area contributed by atoms with Crippen molar-refractivity contribution in [1.29, 1.82) is 0 Å². The quantitative estimate of drug-likeness (QED) is 0.465. The van der Waals surface area contributed by atoms with Gasteiger partial charge in [-0.25, -0.2) is 18.2 Å². The molecule has 3 heterocycles. The molecule has 0 bridgehead atoms. The fourth-order valence-electron chi connectivity index (χ4n) is 3.18. The lowest BCUT2D eigenvalue weighted by Gasteiger charge is -2.25. The standard InChI is InChI=1S/C18H25N5O5S2/c1-3-18(2)16(25)23(17(26)20-18)21-14(24)12-29-15-8-7-13(11-19-15)30(27,28)22-9-5-4-6-10-22/h7-8,11H,3-6,9-10,12H2,1-2H3,(H,20,26)(H,21,24). The highest BCUT2D eigenvalue weighted by Gasteiger charge is 2.47. The summed E-state index contributed by atoms with van der Waals surface area (Å²) < 4.78 is 26.7. The van der Waals surface area contributed by atoms with Crippen LogP contribution in [0.2, 0.25) is 0 Å². The molecule has 2 aliphatic heterocycles. The zero-order valence-corrected chi connectivity index (χ0v) is 18.5. The van der Waals surface area contributed by atoms with Gasteiger partial charge in [-0.1, -0.05) is 25.1 Å². The van der Waals surface area contributed by atoms with Gasteiger partial charge < -0.3 is 5.32 Å². The topological polar surface area (TPSA) is 129 Å². The third-order valence-electron chi connectivity index (χ3n) is 5.22. The molecule has 0 aliphatic carbocycles. The molecule has 0 radical (unpaired) electrons. The zero-order chi connectivity index (χ0) is 21.9. The van der Waals surface area contributed by atoms with Crippen molar-refractivity contribution in [1.82, 2.24) is 25.0 Å². The first-order valence-corrected chi connectivity index (χ1v) is 12.1. The molecule has 0 saturated carbocycles. The van der Waals surface area contributed by atoms with Crippen molar-refractivity contribution < 1.29 is 22.8 Å². The number of carbonyl (C=O) groups is 3. The Morgan fingerprint density at radius 1 is 1.27 bits per heavy atom. The zero-order valence-electron chi connectivity index (χ0n) is 16.9. The molecule has 1 aromatic heterocycles. The van der Waals surface area contributed by atoms with Crippen molar-refractivity contribution in [3.05, 3.63) is 18.3 Å². The van der Waals surface area contributed by atoms with Crippen molar-refractivity contribution in [2.75, 3.05) is 18.8 Å². The Kier molecular flexibility index (Phi) is 6.68. The van der Waals surface area contributed by atoms with E-state index in [0.29, 0.717) is 29.5 Å². The van der Waals surface area contributed by atoms with Crippen LogP contribution in [0.4, 0.5) is 4.79 Å². The number of piperidine rings is 1. The third kappa shape index (κ3) is 4.60. The first-order chi connectivity index (χ1) is 14.2. The number of sulfonamides is 1. The molecule has 30 heavy (non-hydrogen) atoms. The number of nitrogens with zero attached hydrogens (tertiary/aromatic N) is 3. The molecule has 0 spiro atoms. The molecule has 2 N–H and O–H groups in total. The van der Waals surface area contributed by atoms with Crippen LogP contribution in [0.5, 0.6) is 0 Å². The van der Waals surface area contributed by atoms with Crippen LogP contribution in [0.15, 0.2) is 28.3 Å². The van der Waals surface area contributed by atoms with Crippen LogP contribution in [-0.2, 0) is 19.6 Å². The summed E-state index contributed by atoms with van der Waals surface area (Å²) in [6, 6.07) is 2.34. The number of amides is 4. The Morgan fingerprint density at radius 2 is 1.97 bits per heavy atom. The van der Waals surface area contributed by atoms with E-state index >= 15 is 0 Å². The maximum atomic E-state index is 12.6. The number of carbonyl (C=O) groups excluding carboxylic acids is 3. The van der Waals surface area contributed by atoms with Gasteiger partial charge >= 0.3 is 6.03 Å². The van der Waals surface area contributed by atoms with E-state index in [1.54, 1.807) is 13.8 Å². The monoisotopic (exact) mass is 455 g/mol. The van der Waals surface area contributed by atoms with Crippen molar-refractivity contribution >= 4 is 39.6 Å². The summed E-state index contributed by atoms with van der Waals surface area (Å²) >= 11 is 1.07. The number of hydrogen-bond acceptors (Lipinski definition) is 7. The molecular weight excluding hydrogens is 430 g/mol. The van der Waals surface area contributed by atoms with Gasteiger partial charge in [0.15, 0.2) is 0 Å². The third-order valence-corrected chi connectivity index (χ3v) is 8.04. The van der Waals surface area contributed by atoms with Crippen molar-refractivity contribution in [3.63, 3.8) is 0 Å². The van der Waals surface area contributed by atoms with E-state index in [1.807, 2.05) is 0 Å². The summed E-state index contributed by atoms with van der Waals surface area (Å²) in [6.07, 6.45) is 4.42. The van der Waals surface area contributed by atoms with Crippen LogP contribution < -0.4 is 10.7 Å². The van der Waals surface area contributed by atoms with Gasteiger partial charge in [0.05, 0.1) is 10.8 Å². The lowest BCUT2D eigenvalue weighted by Crippen LogP contribution is -2.49. The van der Waals surface area contributed by atoms with Crippen LogP contribution >= 0.6 is 11.8 Å². The fraction of sp³-hybridized carbons (Fsp3) is 0.556. The molecule has 2 aliphatic rings. The summed E-state index contributed by atoms with van der Waals surface area (Å²) in [5, 5.41) is 3.69. The van der Waals surface area contributed by atoms with Gasteiger partial charge in [0.2, 0.25) is 15.9 Å². The molecule has 4 amide bonds. The van der Waals surface area contributed by atoms with Gasteiger partial charge in [-0.15, -0.1) is 0 Å². The van der Waals surface area contributed by atoms with Crippen molar-refractivity contribution in [3.8, 4) is 0 Å². The summed E-state index contributed by atoms with van der Waals surface area (Å²) in [4.78, 5) is 40.6. The Labute approximate surface area is 179 Å². The lowest BCUT2D eigenvalue weighted by atomic mass is 10.00.